The molecule has 0 aromatic heterocycles. The smallest absolute Gasteiger partial charge is 0.337 e. The van der Waals surface area contributed by atoms with Crippen LogP contribution < -0.4 is 14.2 Å². The molecule has 2 rings (SSSR count). The Hall–Kier alpha value is -2.74. The van der Waals surface area contributed by atoms with E-state index in [0.717, 1.165) is 0 Å². The van der Waals surface area contributed by atoms with E-state index in [4.69, 9.17) is 9.47 Å². The van der Waals surface area contributed by atoms with Gasteiger partial charge in [0.2, 0.25) is 0 Å². The Bertz CT molecular complexity index is 892. The van der Waals surface area contributed by atoms with E-state index < -0.39 is 16.0 Å². The largest absolute Gasteiger partial charge is 0.497 e. The summed E-state index contributed by atoms with van der Waals surface area (Å²) in [6.07, 6.45) is 0. The Morgan fingerprint density at radius 2 is 1.72 bits per heavy atom. The van der Waals surface area contributed by atoms with Crippen molar-refractivity contribution in [2.45, 2.75) is 11.8 Å². The third-order valence-corrected chi connectivity index (χ3v) is 4.95. The van der Waals surface area contributed by atoms with E-state index in [2.05, 4.69) is 9.46 Å². The molecule has 0 aliphatic heterocycles. The Morgan fingerprint density at radius 3 is 2.32 bits per heavy atom. The Kier molecular flexibility index (Phi) is 5.53. The van der Waals surface area contributed by atoms with Gasteiger partial charge in [0.15, 0.2) is 0 Å². The highest BCUT2D eigenvalue weighted by molar-refractivity contribution is 7.92. The average Bonchev–Trinajstić information content (AvgIpc) is 2.62. The summed E-state index contributed by atoms with van der Waals surface area (Å²) in [4.78, 5) is 11.6. The van der Waals surface area contributed by atoms with Gasteiger partial charge in [0.1, 0.15) is 16.4 Å². The normalized spacial score (nSPS) is 10.9. The number of carbonyl (C=O) groups excluding carboxylic acids is 1. The first kappa shape index (κ1) is 18.6. The molecule has 0 atom stereocenters. The second-order valence-corrected chi connectivity index (χ2v) is 6.79. The lowest BCUT2D eigenvalue weighted by atomic mass is 10.1. The number of hydrogen-bond acceptors (Lipinski definition) is 6. The van der Waals surface area contributed by atoms with Gasteiger partial charge in [0.25, 0.3) is 10.0 Å². The van der Waals surface area contributed by atoms with Crippen LogP contribution in [-0.2, 0) is 14.8 Å². The molecular weight excluding hydrogens is 346 g/mol. The molecule has 1 N–H and O–H groups in total. The molecule has 0 amide bonds. The van der Waals surface area contributed by atoms with Crippen molar-refractivity contribution in [1.29, 1.82) is 0 Å². The minimum absolute atomic E-state index is 0.0720. The Balaban J connectivity index is 2.48. The predicted octanol–water partition coefficient (Wildman–Crippen LogP) is 2.60. The zero-order valence-electron chi connectivity index (χ0n) is 14.3. The number of rotatable bonds is 6. The molecule has 2 aromatic carbocycles. The van der Waals surface area contributed by atoms with E-state index >= 15 is 0 Å². The molecule has 25 heavy (non-hydrogen) atoms. The molecule has 0 heterocycles. The summed E-state index contributed by atoms with van der Waals surface area (Å²) in [6, 6.07) is 9.08. The van der Waals surface area contributed by atoms with Gasteiger partial charge < -0.3 is 14.2 Å². The number of hydrogen-bond donors (Lipinski definition) is 1. The maximum absolute atomic E-state index is 12.8. The van der Waals surface area contributed by atoms with Gasteiger partial charge in [-0.05, 0) is 36.8 Å². The molecule has 0 radical (unpaired) electrons. The number of esters is 1. The monoisotopic (exact) mass is 365 g/mol. The van der Waals surface area contributed by atoms with Gasteiger partial charge in [-0.1, -0.05) is 6.07 Å². The van der Waals surface area contributed by atoms with Gasteiger partial charge in [-0.2, -0.15) is 0 Å². The third-order valence-electron chi connectivity index (χ3n) is 3.56. The summed E-state index contributed by atoms with van der Waals surface area (Å²) in [7, 11) is 0.109. The van der Waals surface area contributed by atoms with Gasteiger partial charge in [-0.3, -0.25) is 4.72 Å². The van der Waals surface area contributed by atoms with Crippen LogP contribution in [0.25, 0.3) is 0 Å². The number of anilines is 1. The number of benzene rings is 2. The van der Waals surface area contributed by atoms with Crippen molar-refractivity contribution in [1.82, 2.24) is 0 Å². The molecule has 0 aliphatic carbocycles. The van der Waals surface area contributed by atoms with Crippen molar-refractivity contribution in [3.05, 3.63) is 47.5 Å². The summed E-state index contributed by atoms with van der Waals surface area (Å²) in [5.41, 5.74) is 1.16. The minimum atomic E-state index is -3.97. The number of sulfonamides is 1. The lowest BCUT2D eigenvalue weighted by molar-refractivity contribution is 0.0601. The van der Waals surface area contributed by atoms with Crippen LogP contribution in [0.5, 0.6) is 11.5 Å². The first-order valence-electron chi connectivity index (χ1n) is 7.26. The zero-order valence-corrected chi connectivity index (χ0v) is 15.1. The average molecular weight is 365 g/mol. The third kappa shape index (κ3) is 4.03. The number of carbonyl (C=O) groups is 1. The van der Waals surface area contributed by atoms with E-state index in [-0.39, 0.29) is 21.9 Å². The molecule has 0 aliphatic rings. The SMILES string of the molecule is COC(=O)c1ccc(C)c(NS(=O)(=O)c2cc(OC)ccc2OC)c1. The molecule has 0 saturated heterocycles. The van der Waals surface area contributed by atoms with Crippen molar-refractivity contribution in [3.63, 3.8) is 0 Å². The van der Waals surface area contributed by atoms with E-state index in [1.54, 1.807) is 25.1 Å². The van der Waals surface area contributed by atoms with Crippen LogP contribution in [0.15, 0.2) is 41.3 Å². The number of ether oxygens (including phenoxy) is 3. The molecule has 0 bridgehead atoms. The summed E-state index contributed by atoms with van der Waals surface area (Å²) < 4.78 is 42.9. The van der Waals surface area contributed by atoms with E-state index in [9.17, 15) is 13.2 Å². The summed E-state index contributed by atoms with van der Waals surface area (Å²) in [5, 5.41) is 0. The van der Waals surface area contributed by atoms with Crippen molar-refractivity contribution in [2.24, 2.45) is 0 Å². The second-order valence-electron chi connectivity index (χ2n) is 5.14. The number of methoxy groups -OCH3 is 3. The van der Waals surface area contributed by atoms with Crippen LogP contribution in [-0.4, -0.2) is 35.7 Å². The second kappa shape index (κ2) is 7.43. The standard InChI is InChI=1S/C17H19NO6S/c1-11-5-6-12(17(19)24-4)9-14(11)18-25(20,21)16-10-13(22-2)7-8-15(16)23-3/h5-10,18H,1-4H3. The molecule has 7 nitrogen and oxygen atoms in total. The highest BCUT2D eigenvalue weighted by atomic mass is 32.2. The molecule has 0 fully saturated rings. The molecule has 0 unspecified atom stereocenters. The van der Waals surface area contributed by atoms with Gasteiger partial charge >= 0.3 is 5.97 Å². The molecule has 0 saturated carbocycles. The maximum atomic E-state index is 12.8. The fourth-order valence-corrected chi connectivity index (χ4v) is 3.48. The van der Waals surface area contributed by atoms with Crippen molar-refractivity contribution < 1.29 is 27.4 Å². The van der Waals surface area contributed by atoms with Gasteiger partial charge in [-0.15, -0.1) is 0 Å². The molecule has 2 aromatic rings. The molecule has 134 valence electrons. The summed E-state index contributed by atoms with van der Waals surface area (Å²) >= 11 is 0. The molecular formula is C17H19NO6S. The fourth-order valence-electron chi connectivity index (χ4n) is 2.17. The van der Waals surface area contributed by atoms with Gasteiger partial charge in [0, 0.05) is 6.07 Å². The Labute approximate surface area is 146 Å². The van der Waals surface area contributed by atoms with Crippen LogP contribution in [0.1, 0.15) is 15.9 Å². The summed E-state index contributed by atoms with van der Waals surface area (Å²) in [5.74, 6) is -0.00399. The maximum Gasteiger partial charge on any atom is 0.337 e. The van der Waals surface area contributed by atoms with Crippen LogP contribution >= 0.6 is 0 Å². The first-order chi connectivity index (χ1) is 11.8. The van der Waals surface area contributed by atoms with Crippen LogP contribution in [0.3, 0.4) is 0 Å². The van der Waals surface area contributed by atoms with Crippen LogP contribution in [0.4, 0.5) is 5.69 Å². The lowest BCUT2D eigenvalue weighted by Gasteiger charge is -2.14. The van der Waals surface area contributed by atoms with E-state index in [1.165, 1.54) is 39.5 Å². The highest BCUT2D eigenvalue weighted by Crippen LogP contribution is 2.30. The van der Waals surface area contributed by atoms with Crippen molar-refractivity contribution in [3.8, 4) is 11.5 Å². The van der Waals surface area contributed by atoms with Crippen molar-refractivity contribution >= 4 is 21.7 Å². The predicted molar refractivity (Wildman–Crippen MR) is 92.9 cm³/mol. The summed E-state index contributed by atoms with van der Waals surface area (Å²) in [6.45, 7) is 1.72. The van der Waals surface area contributed by atoms with Crippen molar-refractivity contribution in [2.75, 3.05) is 26.1 Å². The van der Waals surface area contributed by atoms with Crippen LogP contribution in [0, 0.1) is 6.92 Å². The van der Waals surface area contributed by atoms with Crippen LogP contribution in [0.2, 0.25) is 0 Å². The van der Waals surface area contributed by atoms with Gasteiger partial charge in [0.05, 0.1) is 32.6 Å². The number of aryl methyl sites for hydroxylation is 1. The Morgan fingerprint density at radius 1 is 1.00 bits per heavy atom. The first-order valence-corrected chi connectivity index (χ1v) is 8.74. The van der Waals surface area contributed by atoms with E-state index in [1.807, 2.05) is 0 Å². The fraction of sp³-hybridized carbons (Fsp3) is 0.235. The quantitative estimate of drug-likeness (QED) is 0.791. The zero-order chi connectivity index (χ0) is 18.6. The van der Waals surface area contributed by atoms with Gasteiger partial charge in [-0.25, -0.2) is 13.2 Å². The highest BCUT2D eigenvalue weighted by Gasteiger charge is 2.22. The lowest BCUT2D eigenvalue weighted by Crippen LogP contribution is -2.15. The van der Waals surface area contributed by atoms with E-state index in [0.29, 0.717) is 11.3 Å². The minimum Gasteiger partial charge on any atom is -0.497 e. The molecule has 0 spiro atoms. The topological polar surface area (TPSA) is 90.9 Å². The molecule has 8 heteroatoms. The number of nitrogens with one attached hydrogen (secondary N) is 1.